The van der Waals surface area contributed by atoms with Crippen LogP contribution in [-0.4, -0.2) is 64.3 Å². The predicted octanol–water partition coefficient (Wildman–Crippen LogP) is 4.98. The van der Waals surface area contributed by atoms with Crippen LogP contribution in [0.3, 0.4) is 0 Å². The maximum atomic E-state index is 4.10. The topological polar surface area (TPSA) is 30.5 Å². The van der Waals surface area contributed by atoms with E-state index in [0.29, 0.717) is 18.2 Å². The van der Waals surface area contributed by atoms with Gasteiger partial charge < -0.3 is 0 Å². The number of piperidine rings is 2. The molecular weight excluding hydrogens is 356 g/mol. The van der Waals surface area contributed by atoms with Crippen molar-refractivity contribution in [3.05, 3.63) is 0 Å². The Hall–Kier alpha value is -0.160. The fraction of sp³-hybridized carbons (Fsp3) is 1.00. The van der Waals surface area contributed by atoms with E-state index in [1.807, 2.05) is 0 Å². The molecule has 0 aromatic heterocycles. The van der Waals surface area contributed by atoms with Gasteiger partial charge in [-0.15, -0.1) is 0 Å². The van der Waals surface area contributed by atoms with Crippen LogP contribution in [0.4, 0.5) is 0 Å². The zero-order valence-electron chi connectivity index (χ0n) is 21.6. The first-order valence-corrected chi connectivity index (χ1v) is 12.2. The van der Waals surface area contributed by atoms with Gasteiger partial charge in [-0.3, -0.25) is 20.4 Å². The van der Waals surface area contributed by atoms with Gasteiger partial charge >= 0.3 is 0 Å². The van der Waals surface area contributed by atoms with Gasteiger partial charge in [0.2, 0.25) is 0 Å². The minimum Gasteiger partial charge on any atom is -0.297 e. The number of hydrogen-bond donors (Lipinski definition) is 2. The Morgan fingerprint density at radius 2 is 1.14 bits per heavy atom. The van der Waals surface area contributed by atoms with E-state index >= 15 is 0 Å². The molecule has 2 aliphatic heterocycles. The molecule has 172 valence electrons. The van der Waals surface area contributed by atoms with Crippen molar-refractivity contribution in [1.82, 2.24) is 20.4 Å². The van der Waals surface area contributed by atoms with E-state index in [-0.39, 0.29) is 22.2 Å². The first kappa shape index (κ1) is 25.1. The average molecular weight is 409 g/mol. The summed E-state index contributed by atoms with van der Waals surface area (Å²) in [5.41, 5.74) is 0.838. The molecule has 2 unspecified atom stereocenters. The van der Waals surface area contributed by atoms with Crippen LogP contribution in [0.1, 0.15) is 107 Å². The highest BCUT2D eigenvalue weighted by molar-refractivity contribution is 5.06. The highest BCUT2D eigenvalue weighted by atomic mass is 15.3. The second-order valence-electron chi connectivity index (χ2n) is 12.3. The molecule has 0 aromatic carbocycles. The van der Waals surface area contributed by atoms with E-state index < -0.39 is 0 Å². The molecule has 0 aliphatic carbocycles. The van der Waals surface area contributed by atoms with Crippen LogP contribution in [0.5, 0.6) is 0 Å². The molecule has 0 saturated carbocycles. The van der Waals surface area contributed by atoms with Crippen LogP contribution in [0.2, 0.25) is 0 Å². The van der Waals surface area contributed by atoms with Crippen molar-refractivity contribution in [3.8, 4) is 0 Å². The van der Waals surface area contributed by atoms with Gasteiger partial charge in [0.15, 0.2) is 0 Å². The number of rotatable bonds is 7. The molecule has 2 heterocycles. The predicted molar refractivity (Wildman–Crippen MR) is 127 cm³/mol. The number of likely N-dealkylation sites (N-methyl/N-ethyl adjacent to an activating group) is 2. The first-order valence-electron chi connectivity index (χ1n) is 12.2. The molecule has 0 radical (unpaired) electrons. The minimum absolute atomic E-state index is 0.148. The van der Waals surface area contributed by atoms with Crippen molar-refractivity contribution in [3.63, 3.8) is 0 Å². The normalized spacial score (nSPS) is 32.8. The van der Waals surface area contributed by atoms with Crippen LogP contribution < -0.4 is 10.6 Å². The lowest BCUT2D eigenvalue weighted by atomic mass is 9.76. The van der Waals surface area contributed by atoms with Crippen molar-refractivity contribution in [2.75, 3.05) is 14.1 Å². The molecule has 4 nitrogen and oxygen atoms in total. The molecular formula is C25H52N4. The quantitative estimate of drug-likeness (QED) is 0.581. The number of unbranched alkanes of at least 4 members (excludes halogenated alkanes) is 1. The minimum atomic E-state index is 0.148. The highest BCUT2D eigenvalue weighted by Gasteiger charge is 2.47. The number of likely N-dealkylation sites (tertiary alicyclic amines) is 2. The summed E-state index contributed by atoms with van der Waals surface area (Å²) in [4.78, 5) is 5.19. The Balaban J connectivity index is 2.14. The van der Waals surface area contributed by atoms with Crippen molar-refractivity contribution < 1.29 is 0 Å². The lowest BCUT2D eigenvalue weighted by Crippen LogP contribution is -2.71. The molecule has 2 saturated heterocycles. The van der Waals surface area contributed by atoms with E-state index in [2.05, 4.69) is 96.8 Å². The molecule has 2 N–H and O–H groups in total. The summed E-state index contributed by atoms with van der Waals surface area (Å²) in [6.07, 6.45) is 9.09. The van der Waals surface area contributed by atoms with Crippen molar-refractivity contribution in [1.29, 1.82) is 0 Å². The third-order valence-corrected chi connectivity index (χ3v) is 8.99. The number of hydrogen-bond acceptors (Lipinski definition) is 4. The summed E-state index contributed by atoms with van der Waals surface area (Å²) in [6, 6.07) is 1.02. The van der Waals surface area contributed by atoms with Crippen molar-refractivity contribution >= 4 is 0 Å². The Morgan fingerprint density at radius 1 is 0.759 bits per heavy atom. The third kappa shape index (κ3) is 5.19. The third-order valence-electron chi connectivity index (χ3n) is 8.99. The molecule has 0 aromatic rings. The molecule has 29 heavy (non-hydrogen) atoms. The van der Waals surface area contributed by atoms with E-state index in [9.17, 15) is 0 Å². The van der Waals surface area contributed by atoms with Gasteiger partial charge in [0.05, 0.1) is 6.17 Å². The SMILES string of the molecule is CCCCC(NC1CCC(C)(C)N(C)C1(C)C)NC1CCC(C)(C)N(C)C1(C)C. The molecule has 2 rings (SSSR count). The van der Waals surface area contributed by atoms with Crippen molar-refractivity contribution in [2.24, 2.45) is 0 Å². The zero-order valence-corrected chi connectivity index (χ0v) is 21.6. The Bertz CT molecular complexity index is 493. The van der Waals surface area contributed by atoms with Crippen LogP contribution in [0, 0.1) is 0 Å². The molecule has 0 bridgehead atoms. The molecule has 0 amide bonds. The maximum absolute atomic E-state index is 4.10. The summed E-state index contributed by atoms with van der Waals surface area (Å²) in [7, 11) is 4.62. The van der Waals surface area contributed by atoms with Crippen LogP contribution in [-0.2, 0) is 0 Å². The lowest BCUT2D eigenvalue weighted by Gasteiger charge is -2.57. The highest BCUT2D eigenvalue weighted by Crippen LogP contribution is 2.39. The zero-order chi connectivity index (χ0) is 22.3. The molecule has 2 aliphatic rings. The van der Waals surface area contributed by atoms with E-state index in [4.69, 9.17) is 0 Å². The van der Waals surface area contributed by atoms with Crippen LogP contribution in [0.25, 0.3) is 0 Å². The summed E-state index contributed by atoms with van der Waals surface area (Å²) >= 11 is 0. The fourth-order valence-corrected chi connectivity index (χ4v) is 5.75. The first-order chi connectivity index (χ1) is 13.2. The van der Waals surface area contributed by atoms with Crippen molar-refractivity contribution in [2.45, 2.75) is 148 Å². The van der Waals surface area contributed by atoms with Gasteiger partial charge in [-0.2, -0.15) is 0 Å². The number of nitrogens with one attached hydrogen (secondary N) is 2. The fourth-order valence-electron chi connectivity index (χ4n) is 5.75. The standard InChI is InChI=1S/C25H52N4/c1-12-13-14-21(26-19-15-17-22(2,3)28(10)24(19,6)7)27-20-16-18-23(4,5)29(11)25(20,8)9/h19-21,26-27H,12-18H2,1-11H3. The average Bonchev–Trinajstić information content (AvgIpc) is 2.61. The molecule has 4 heteroatoms. The summed E-state index contributed by atoms with van der Waals surface area (Å²) in [5.74, 6) is 0. The second kappa shape index (κ2) is 8.76. The van der Waals surface area contributed by atoms with Gasteiger partial charge in [-0.1, -0.05) is 19.8 Å². The summed E-state index contributed by atoms with van der Waals surface area (Å²) in [5, 5.41) is 8.20. The van der Waals surface area contributed by atoms with Gasteiger partial charge in [0, 0.05) is 34.2 Å². The van der Waals surface area contributed by atoms with Gasteiger partial charge in [0.1, 0.15) is 0 Å². The Kier molecular flexibility index (Phi) is 7.59. The Labute approximate surface area is 182 Å². The van der Waals surface area contributed by atoms with E-state index in [1.165, 1.54) is 44.9 Å². The second-order valence-corrected chi connectivity index (χ2v) is 12.3. The van der Waals surface area contributed by atoms with Gasteiger partial charge in [-0.25, -0.2) is 0 Å². The van der Waals surface area contributed by atoms with Crippen LogP contribution in [0.15, 0.2) is 0 Å². The van der Waals surface area contributed by atoms with E-state index in [1.54, 1.807) is 0 Å². The largest absolute Gasteiger partial charge is 0.297 e. The number of nitrogens with zero attached hydrogens (tertiary/aromatic N) is 2. The van der Waals surface area contributed by atoms with Crippen LogP contribution >= 0.6 is 0 Å². The molecule has 0 spiro atoms. The lowest BCUT2D eigenvalue weighted by molar-refractivity contribution is -0.0433. The summed E-state index contributed by atoms with van der Waals surface area (Å²) < 4.78 is 0. The molecule has 2 fully saturated rings. The molecule has 2 atom stereocenters. The van der Waals surface area contributed by atoms with Gasteiger partial charge in [0.25, 0.3) is 0 Å². The smallest absolute Gasteiger partial charge is 0.0577 e. The monoisotopic (exact) mass is 408 g/mol. The summed E-state index contributed by atoms with van der Waals surface area (Å²) in [6.45, 7) is 21.5. The van der Waals surface area contributed by atoms with Gasteiger partial charge in [-0.05, 0) is 102 Å². The Morgan fingerprint density at radius 3 is 1.48 bits per heavy atom. The maximum Gasteiger partial charge on any atom is 0.0577 e. The van der Waals surface area contributed by atoms with E-state index in [0.717, 1.165) is 0 Å².